The molecule has 254 valence electrons. The zero-order chi connectivity index (χ0) is 34.3. The number of aryl methyl sites for hydroxylation is 1. The Hall–Kier alpha value is -3.13. The van der Waals surface area contributed by atoms with E-state index in [2.05, 4.69) is 104 Å². The van der Waals surface area contributed by atoms with Gasteiger partial charge in [-0.2, -0.15) is 0 Å². The highest BCUT2D eigenvalue weighted by Crippen LogP contribution is 2.43. The van der Waals surface area contributed by atoms with Crippen molar-refractivity contribution in [2.45, 2.75) is 119 Å². The third-order valence-electron chi connectivity index (χ3n) is 8.99. The average Bonchev–Trinajstić information content (AvgIpc) is 3.04. The summed E-state index contributed by atoms with van der Waals surface area (Å²) in [6.07, 6.45) is 11.0. The van der Waals surface area contributed by atoms with Gasteiger partial charge < -0.3 is 10.5 Å². The molecule has 2 atom stereocenters. The smallest absolute Gasteiger partial charge is 0.221 e. The number of carbonyl (C=O) groups excluding carboxylic acids is 1. The summed E-state index contributed by atoms with van der Waals surface area (Å²) in [5, 5.41) is 0. The highest BCUT2D eigenvalue weighted by Gasteiger charge is 2.26. The molecule has 4 N–H and O–H groups in total. The fourth-order valence-corrected chi connectivity index (χ4v) is 5.82. The fourth-order valence-electron chi connectivity index (χ4n) is 5.82. The van der Waals surface area contributed by atoms with Crippen LogP contribution in [0.2, 0.25) is 0 Å². The largest absolute Gasteiger partial charge is 0.375 e. The molecule has 0 spiro atoms. The molecule has 7 nitrogen and oxygen atoms in total. The lowest BCUT2D eigenvalue weighted by Crippen LogP contribution is -2.31. The number of rotatable bonds is 20. The number of pyridine rings is 1. The Kier molecular flexibility index (Phi) is 16.6. The van der Waals surface area contributed by atoms with Crippen LogP contribution in [0.25, 0.3) is 16.8 Å². The van der Waals surface area contributed by atoms with Gasteiger partial charge >= 0.3 is 0 Å². The first-order chi connectivity index (χ1) is 21.9. The Morgan fingerprint density at radius 2 is 1.87 bits per heavy atom. The van der Waals surface area contributed by atoms with Crippen LogP contribution in [0.3, 0.4) is 0 Å². The number of unbranched alkanes of at least 4 members (excludes halogenated alkanes) is 1. The molecule has 1 aromatic carbocycles. The Bertz CT molecular complexity index is 1340. The second-order valence-electron chi connectivity index (χ2n) is 13.4. The van der Waals surface area contributed by atoms with Gasteiger partial charge in [-0.1, -0.05) is 78.7 Å². The van der Waals surface area contributed by atoms with Crippen molar-refractivity contribution < 1.29 is 9.53 Å². The van der Waals surface area contributed by atoms with Crippen molar-refractivity contribution in [2.75, 3.05) is 13.7 Å². The molecule has 0 aliphatic rings. The van der Waals surface area contributed by atoms with Crippen LogP contribution >= 0.6 is 0 Å². The number of carbonyl (C=O) groups is 1. The summed E-state index contributed by atoms with van der Waals surface area (Å²) in [5.41, 5.74) is 22.6. The molecule has 0 radical (unpaired) electrons. The van der Waals surface area contributed by atoms with Crippen molar-refractivity contribution in [1.29, 1.82) is 0 Å². The molecule has 1 aromatic heterocycles. The Morgan fingerprint density at radius 3 is 2.48 bits per heavy atom. The van der Waals surface area contributed by atoms with Gasteiger partial charge in [0.25, 0.3) is 0 Å². The van der Waals surface area contributed by atoms with E-state index in [1.807, 2.05) is 12.3 Å². The second-order valence-corrected chi connectivity index (χ2v) is 13.4. The van der Waals surface area contributed by atoms with Gasteiger partial charge in [-0.25, -0.2) is 5.43 Å². The minimum atomic E-state index is -0.114. The normalized spacial score (nSPS) is 14.7. The van der Waals surface area contributed by atoms with E-state index in [9.17, 15) is 4.79 Å². The summed E-state index contributed by atoms with van der Waals surface area (Å²) in [6, 6.07) is 11.1. The van der Waals surface area contributed by atoms with E-state index in [1.165, 1.54) is 27.8 Å². The van der Waals surface area contributed by atoms with E-state index >= 15 is 0 Å². The molecule has 7 heteroatoms. The number of hydrazine groups is 1. The summed E-state index contributed by atoms with van der Waals surface area (Å²) >= 11 is 0. The third kappa shape index (κ3) is 11.6. The van der Waals surface area contributed by atoms with Crippen LogP contribution < -0.4 is 16.6 Å². The third-order valence-corrected chi connectivity index (χ3v) is 8.99. The molecular formula is C39H61N5O2. The van der Waals surface area contributed by atoms with E-state index in [1.54, 1.807) is 7.11 Å². The highest BCUT2D eigenvalue weighted by molar-refractivity contribution is 5.95. The first-order valence-electron chi connectivity index (χ1n) is 17.2. The number of aliphatic imine (C=N–C) groups is 1. The Labute approximate surface area is 279 Å². The minimum absolute atomic E-state index is 0.0481. The lowest BCUT2D eigenvalue weighted by molar-refractivity contribution is -0.110. The highest BCUT2D eigenvalue weighted by atomic mass is 16.5. The van der Waals surface area contributed by atoms with Crippen LogP contribution in [0.1, 0.15) is 134 Å². The van der Waals surface area contributed by atoms with Crippen molar-refractivity contribution in [3.8, 4) is 0 Å². The number of benzene rings is 1. The summed E-state index contributed by atoms with van der Waals surface area (Å²) in [5.74, 6) is 0.280. The van der Waals surface area contributed by atoms with Crippen LogP contribution in [0.15, 0.2) is 47.6 Å². The SMILES string of the molecule is C/C=C(\N=C(CC)CC(N)CCCCNNC=O)c1ccc(C)c(/C(CC(C)(C)CC)=C(/c2cccnc2C(C)OC)C(C)C)c1. The molecule has 1 amide bonds. The standard InChI is InChI=1S/C39H61N5O2/c1-11-32(24-31(40)17-14-15-22-42-43-26-45)44-36(12-2)30-20-19-28(6)34(23-30)35(25-39(8,9)13-3)37(27(4)5)33-18-16-21-41-38(33)29(7)46-10/h12,16,18-21,23,26-27,29,31,42H,11,13-15,17,22,24-25,40H2,1-10H3,(H,43,45)/b36-12-,37-35+,44-32?. The topological polar surface area (TPSA) is 102 Å². The lowest BCUT2D eigenvalue weighted by Gasteiger charge is -2.30. The van der Waals surface area contributed by atoms with Crippen LogP contribution in [-0.4, -0.2) is 36.8 Å². The molecule has 2 rings (SSSR count). The lowest BCUT2D eigenvalue weighted by atomic mass is 9.75. The van der Waals surface area contributed by atoms with Crippen LogP contribution in [0, 0.1) is 18.3 Å². The van der Waals surface area contributed by atoms with E-state index < -0.39 is 0 Å². The Balaban J connectivity index is 2.61. The fraction of sp³-hybridized carbons (Fsp3) is 0.564. The number of methoxy groups -OCH3 is 1. The molecule has 0 bridgehead atoms. The molecule has 0 saturated carbocycles. The number of aromatic nitrogens is 1. The Morgan fingerprint density at radius 1 is 1.13 bits per heavy atom. The first-order valence-corrected chi connectivity index (χ1v) is 17.2. The number of amides is 1. The summed E-state index contributed by atoms with van der Waals surface area (Å²) in [4.78, 5) is 20.4. The molecule has 0 saturated heterocycles. The molecule has 2 aromatic rings. The minimum Gasteiger partial charge on any atom is -0.375 e. The van der Waals surface area contributed by atoms with Gasteiger partial charge in [0, 0.05) is 49.2 Å². The van der Waals surface area contributed by atoms with E-state index in [-0.39, 0.29) is 23.5 Å². The average molecular weight is 632 g/mol. The van der Waals surface area contributed by atoms with Crippen molar-refractivity contribution in [2.24, 2.45) is 22.1 Å². The molecule has 2 unspecified atom stereocenters. The van der Waals surface area contributed by atoms with Gasteiger partial charge in [0.2, 0.25) is 6.41 Å². The summed E-state index contributed by atoms with van der Waals surface area (Å²) in [6.45, 7) is 20.8. The summed E-state index contributed by atoms with van der Waals surface area (Å²) in [7, 11) is 1.75. The number of hydrogen-bond acceptors (Lipinski definition) is 6. The summed E-state index contributed by atoms with van der Waals surface area (Å²) < 4.78 is 5.79. The maximum absolute atomic E-state index is 10.4. The number of ether oxygens (including phenoxy) is 1. The van der Waals surface area contributed by atoms with E-state index in [4.69, 9.17) is 20.4 Å². The zero-order valence-electron chi connectivity index (χ0n) is 30.3. The van der Waals surface area contributed by atoms with E-state index in [0.29, 0.717) is 6.41 Å². The number of hydrogen-bond donors (Lipinski definition) is 3. The van der Waals surface area contributed by atoms with Crippen molar-refractivity contribution in [3.63, 3.8) is 0 Å². The van der Waals surface area contributed by atoms with Gasteiger partial charge in [0.15, 0.2) is 0 Å². The van der Waals surface area contributed by atoms with Crippen molar-refractivity contribution in [1.82, 2.24) is 15.8 Å². The number of nitrogens with zero attached hydrogens (tertiary/aromatic N) is 2. The van der Waals surface area contributed by atoms with E-state index in [0.717, 1.165) is 74.2 Å². The number of nitrogens with one attached hydrogen (secondary N) is 2. The van der Waals surface area contributed by atoms with Crippen molar-refractivity contribution in [3.05, 3.63) is 70.6 Å². The maximum atomic E-state index is 10.4. The predicted molar refractivity (Wildman–Crippen MR) is 196 cm³/mol. The number of nitrogens with two attached hydrogens (primary N) is 1. The van der Waals surface area contributed by atoms with Gasteiger partial charge in [0.05, 0.1) is 17.5 Å². The quantitative estimate of drug-likeness (QED) is 0.0587. The van der Waals surface area contributed by atoms with Crippen LogP contribution in [0.5, 0.6) is 0 Å². The number of allylic oxidation sites excluding steroid dienone is 3. The van der Waals surface area contributed by atoms with Gasteiger partial charge in [-0.15, -0.1) is 0 Å². The van der Waals surface area contributed by atoms with Gasteiger partial charge in [0.1, 0.15) is 0 Å². The molecule has 0 aliphatic heterocycles. The molecule has 0 fully saturated rings. The molecule has 0 aliphatic carbocycles. The zero-order valence-corrected chi connectivity index (χ0v) is 30.3. The second kappa shape index (κ2) is 19.5. The first kappa shape index (κ1) is 39.1. The van der Waals surface area contributed by atoms with Crippen LogP contribution in [-0.2, 0) is 9.53 Å². The molecule has 1 heterocycles. The maximum Gasteiger partial charge on any atom is 0.221 e. The predicted octanol–water partition coefficient (Wildman–Crippen LogP) is 8.84. The molecular weight excluding hydrogens is 570 g/mol. The van der Waals surface area contributed by atoms with Gasteiger partial charge in [-0.3, -0.25) is 20.2 Å². The van der Waals surface area contributed by atoms with Crippen molar-refractivity contribution >= 4 is 29.0 Å². The van der Waals surface area contributed by atoms with Crippen LogP contribution in [0.4, 0.5) is 0 Å². The van der Waals surface area contributed by atoms with Gasteiger partial charge in [-0.05, 0) is 92.2 Å². The molecule has 46 heavy (non-hydrogen) atoms. The monoisotopic (exact) mass is 631 g/mol.